The fourth-order valence-corrected chi connectivity index (χ4v) is 4.47. The highest BCUT2D eigenvalue weighted by Gasteiger charge is 2.24. The molecular weight excluding hydrogens is 538 g/mol. The summed E-state index contributed by atoms with van der Waals surface area (Å²) in [5.74, 6) is -0.934. The van der Waals surface area contributed by atoms with Gasteiger partial charge in [-0.15, -0.1) is 11.8 Å². The lowest BCUT2D eigenvalue weighted by molar-refractivity contribution is -0.137. The summed E-state index contributed by atoms with van der Waals surface area (Å²) < 4.78 is 0. The predicted molar refractivity (Wildman–Crippen MR) is 152 cm³/mol. The van der Waals surface area contributed by atoms with Crippen LogP contribution in [0.2, 0.25) is 0 Å². The SMILES string of the molecule is CC(=O)CCCCCSCNC(=O)C(C)NC(=O)C(C)NC(=O)C(C)NC(=O)CCCCCN1C(=O)C=CC1=O. The Bertz CT molecular complexity index is 938. The van der Waals surface area contributed by atoms with Crippen molar-refractivity contribution in [2.75, 3.05) is 18.2 Å². The Labute approximate surface area is 240 Å². The van der Waals surface area contributed by atoms with E-state index in [-0.39, 0.29) is 35.8 Å². The molecule has 0 aromatic rings. The topological polar surface area (TPSA) is 171 Å². The zero-order valence-electron chi connectivity index (χ0n) is 23.9. The summed E-state index contributed by atoms with van der Waals surface area (Å²) in [5.41, 5.74) is 0. The van der Waals surface area contributed by atoms with Crippen molar-refractivity contribution >= 4 is 53.0 Å². The van der Waals surface area contributed by atoms with Gasteiger partial charge in [0.15, 0.2) is 0 Å². The summed E-state index contributed by atoms with van der Waals surface area (Å²) in [5, 5.41) is 10.4. The van der Waals surface area contributed by atoms with Crippen LogP contribution in [-0.4, -0.2) is 82.4 Å². The number of thioether (sulfide) groups is 1. The monoisotopic (exact) mass is 581 g/mol. The van der Waals surface area contributed by atoms with Gasteiger partial charge in [-0.1, -0.05) is 12.8 Å². The number of hydrogen-bond acceptors (Lipinski definition) is 8. The van der Waals surface area contributed by atoms with Crippen molar-refractivity contribution < 1.29 is 33.6 Å². The number of carbonyl (C=O) groups is 7. The van der Waals surface area contributed by atoms with E-state index in [0.717, 1.165) is 29.9 Å². The lowest BCUT2D eigenvalue weighted by Crippen LogP contribution is -2.54. The van der Waals surface area contributed by atoms with Crippen LogP contribution in [0.4, 0.5) is 0 Å². The molecule has 0 aromatic carbocycles. The van der Waals surface area contributed by atoms with Crippen molar-refractivity contribution in [1.82, 2.24) is 26.2 Å². The zero-order chi connectivity index (χ0) is 30.1. The number of hydrogen-bond donors (Lipinski definition) is 4. The lowest BCUT2D eigenvalue weighted by Gasteiger charge is -2.20. The van der Waals surface area contributed by atoms with Crippen molar-refractivity contribution in [1.29, 1.82) is 0 Å². The van der Waals surface area contributed by atoms with Crippen LogP contribution in [0.1, 0.15) is 79.1 Å². The van der Waals surface area contributed by atoms with E-state index >= 15 is 0 Å². The first kappa shape index (κ1) is 34.8. The predicted octanol–water partition coefficient (Wildman–Crippen LogP) is 0.942. The Hall–Kier alpha value is -3.22. The molecule has 0 saturated heterocycles. The van der Waals surface area contributed by atoms with Gasteiger partial charge in [-0.25, -0.2) is 0 Å². The first-order valence-electron chi connectivity index (χ1n) is 13.7. The summed E-state index contributed by atoms with van der Waals surface area (Å²) in [4.78, 5) is 84.3. The maximum atomic E-state index is 12.4. The highest BCUT2D eigenvalue weighted by molar-refractivity contribution is 7.99. The average Bonchev–Trinajstić information content (AvgIpc) is 3.21. The van der Waals surface area contributed by atoms with Gasteiger partial charge >= 0.3 is 0 Å². The Morgan fingerprint density at radius 3 is 1.85 bits per heavy atom. The number of unbranched alkanes of at least 4 members (excludes halogenated alkanes) is 4. The minimum absolute atomic E-state index is 0.179. The Balaban J connectivity index is 2.19. The van der Waals surface area contributed by atoms with E-state index in [1.165, 1.54) is 26.0 Å². The van der Waals surface area contributed by atoms with Crippen LogP contribution in [0.15, 0.2) is 12.2 Å². The molecule has 12 nitrogen and oxygen atoms in total. The van der Waals surface area contributed by atoms with E-state index in [0.29, 0.717) is 38.1 Å². The van der Waals surface area contributed by atoms with E-state index < -0.39 is 29.9 Å². The number of imide groups is 1. The molecule has 4 N–H and O–H groups in total. The molecule has 1 rings (SSSR count). The van der Waals surface area contributed by atoms with Gasteiger partial charge in [0, 0.05) is 31.5 Å². The standard InChI is InChI=1S/C27H43N5O7S/c1-18(33)11-7-6-10-16-40-17-28-25(37)19(2)30-27(39)21(4)31-26(38)20(3)29-22(34)12-8-5-9-15-32-23(35)13-14-24(32)36/h13-14,19-21H,5-12,15-17H2,1-4H3,(H,28,37)(H,29,34)(H,30,39)(H,31,38). The summed E-state index contributed by atoms with van der Waals surface area (Å²) in [6, 6.07) is -2.58. The van der Waals surface area contributed by atoms with E-state index in [4.69, 9.17) is 0 Å². The third-order valence-corrected chi connectivity index (χ3v) is 7.05. The number of amides is 6. The molecule has 1 heterocycles. The molecule has 1 aliphatic rings. The molecule has 0 spiro atoms. The second kappa shape index (κ2) is 19.0. The van der Waals surface area contributed by atoms with Crippen molar-refractivity contribution in [3.8, 4) is 0 Å². The van der Waals surface area contributed by atoms with Gasteiger partial charge in [0.05, 0.1) is 5.88 Å². The maximum Gasteiger partial charge on any atom is 0.253 e. The molecule has 40 heavy (non-hydrogen) atoms. The van der Waals surface area contributed by atoms with Crippen molar-refractivity contribution in [2.45, 2.75) is 97.2 Å². The number of Topliss-reactive ketones (excluding diaryl/α,β-unsaturated/α-hetero) is 1. The fourth-order valence-electron chi connectivity index (χ4n) is 3.67. The van der Waals surface area contributed by atoms with E-state index in [9.17, 15) is 33.6 Å². The normalized spacial score (nSPS) is 14.8. The Morgan fingerprint density at radius 2 is 1.25 bits per heavy atom. The smallest absolute Gasteiger partial charge is 0.253 e. The number of nitrogens with zero attached hydrogens (tertiary/aromatic N) is 1. The van der Waals surface area contributed by atoms with Gasteiger partial charge in [-0.3, -0.25) is 33.7 Å². The number of rotatable bonds is 20. The summed E-state index contributed by atoms with van der Waals surface area (Å²) >= 11 is 1.56. The van der Waals surface area contributed by atoms with Crippen LogP contribution < -0.4 is 21.3 Å². The third kappa shape index (κ3) is 14.2. The third-order valence-electron chi connectivity index (χ3n) is 6.13. The van der Waals surface area contributed by atoms with Gasteiger partial charge in [-0.05, 0) is 59.1 Å². The second-order valence-electron chi connectivity index (χ2n) is 9.83. The van der Waals surface area contributed by atoms with E-state index in [1.807, 2.05) is 0 Å². The fraction of sp³-hybridized carbons (Fsp3) is 0.667. The molecule has 3 unspecified atom stereocenters. The first-order chi connectivity index (χ1) is 18.9. The molecule has 13 heteroatoms. The van der Waals surface area contributed by atoms with Crippen molar-refractivity contribution in [3.63, 3.8) is 0 Å². The largest absolute Gasteiger partial charge is 0.345 e. The zero-order valence-corrected chi connectivity index (χ0v) is 24.7. The minimum Gasteiger partial charge on any atom is -0.345 e. The molecule has 0 aliphatic carbocycles. The molecule has 0 fully saturated rings. The Kier molecular flexibility index (Phi) is 16.5. The van der Waals surface area contributed by atoms with Gasteiger partial charge in [-0.2, -0.15) is 0 Å². The summed E-state index contributed by atoms with van der Waals surface area (Å²) in [6.07, 6.45) is 7.77. The number of carbonyl (C=O) groups excluding carboxylic acids is 7. The van der Waals surface area contributed by atoms with Crippen LogP contribution in [0.25, 0.3) is 0 Å². The summed E-state index contributed by atoms with van der Waals surface area (Å²) in [6.45, 7) is 6.42. The quantitative estimate of drug-likeness (QED) is 0.0935. The molecule has 3 atom stereocenters. The molecule has 0 saturated carbocycles. The number of nitrogens with one attached hydrogen (secondary N) is 4. The minimum atomic E-state index is -0.919. The number of ketones is 1. The van der Waals surface area contributed by atoms with Crippen LogP contribution >= 0.6 is 11.8 Å². The van der Waals surface area contributed by atoms with Crippen LogP contribution in [0.5, 0.6) is 0 Å². The molecule has 0 aromatic heterocycles. The highest BCUT2D eigenvalue weighted by atomic mass is 32.2. The van der Waals surface area contributed by atoms with Gasteiger partial charge in [0.2, 0.25) is 23.6 Å². The van der Waals surface area contributed by atoms with Crippen LogP contribution in [-0.2, 0) is 33.6 Å². The first-order valence-corrected chi connectivity index (χ1v) is 14.9. The molecule has 0 radical (unpaired) electrons. The van der Waals surface area contributed by atoms with E-state index in [2.05, 4.69) is 21.3 Å². The maximum absolute atomic E-state index is 12.4. The molecule has 224 valence electrons. The average molecular weight is 582 g/mol. The summed E-state index contributed by atoms with van der Waals surface area (Å²) in [7, 11) is 0. The van der Waals surface area contributed by atoms with Crippen LogP contribution in [0.3, 0.4) is 0 Å². The van der Waals surface area contributed by atoms with Crippen molar-refractivity contribution in [3.05, 3.63) is 12.2 Å². The molecular formula is C27H43N5O7S. The lowest BCUT2D eigenvalue weighted by atomic mass is 10.1. The van der Waals surface area contributed by atoms with Gasteiger partial charge < -0.3 is 26.1 Å². The Morgan fingerprint density at radius 1 is 0.725 bits per heavy atom. The molecule has 1 aliphatic heterocycles. The molecule has 6 amide bonds. The van der Waals surface area contributed by atoms with Crippen molar-refractivity contribution in [2.24, 2.45) is 0 Å². The highest BCUT2D eigenvalue weighted by Crippen LogP contribution is 2.08. The van der Waals surface area contributed by atoms with Crippen LogP contribution in [0, 0.1) is 0 Å². The van der Waals surface area contributed by atoms with E-state index in [1.54, 1.807) is 25.6 Å². The molecule has 0 bridgehead atoms. The van der Waals surface area contributed by atoms with Gasteiger partial charge in [0.1, 0.15) is 23.9 Å². The van der Waals surface area contributed by atoms with Gasteiger partial charge in [0.25, 0.3) is 11.8 Å². The second-order valence-corrected chi connectivity index (χ2v) is 10.9.